The Labute approximate surface area is 146 Å². The number of benzene rings is 1. The fraction of sp³-hybridized carbons (Fsp3) is 0.389. The van der Waals surface area contributed by atoms with E-state index in [4.69, 9.17) is 11.6 Å². The molecule has 1 aliphatic heterocycles. The lowest BCUT2D eigenvalue weighted by Crippen LogP contribution is -2.48. The lowest BCUT2D eigenvalue weighted by Gasteiger charge is -2.34. The van der Waals surface area contributed by atoms with E-state index in [9.17, 15) is 4.79 Å². The van der Waals surface area contributed by atoms with Crippen LogP contribution >= 0.6 is 22.9 Å². The van der Waals surface area contributed by atoms with Crippen LogP contribution < -0.4 is 0 Å². The molecule has 23 heavy (non-hydrogen) atoms. The molecule has 0 saturated carbocycles. The molecule has 0 unspecified atom stereocenters. The van der Waals surface area contributed by atoms with Crippen LogP contribution in [0.4, 0.5) is 0 Å². The molecule has 0 atom stereocenters. The predicted octanol–water partition coefficient (Wildman–Crippen LogP) is 3.68. The first kappa shape index (κ1) is 16.5. The fourth-order valence-electron chi connectivity index (χ4n) is 2.87. The molecule has 2 heterocycles. The number of thiophene rings is 1. The summed E-state index contributed by atoms with van der Waals surface area (Å²) in [7, 11) is 0. The van der Waals surface area contributed by atoms with Gasteiger partial charge in [-0.1, -0.05) is 41.9 Å². The summed E-state index contributed by atoms with van der Waals surface area (Å²) in [6.45, 7) is 4.46. The molecule has 1 aromatic carbocycles. The second kappa shape index (κ2) is 7.95. The molecular weight excluding hydrogens is 328 g/mol. The summed E-state index contributed by atoms with van der Waals surface area (Å²) >= 11 is 7.61. The number of amides is 1. The lowest BCUT2D eigenvalue weighted by atomic mass is 10.1. The highest BCUT2D eigenvalue weighted by Crippen LogP contribution is 2.23. The molecule has 0 bridgehead atoms. The highest BCUT2D eigenvalue weighted by molar-refractivity contribution is 7.16. The summed E-state index contributed by atoms with van der Waals surface area (Å²) < 4.78 is 0.842. The molecule has 0 spiro atoms. The number of halogens is 1. The predicted molar refractivity (Wildman–Crippen MR) is 95.9 cm³/mol. The van der Waals surface area contributed by atoms with Crippen molar-refractivity contribution in [1.82, 2.24) is 9.80 Å². The molecule has 0 N–H and O–H groups in total. The Balaban J connectivity index is 1.42. The largest absolute Gasteiger partial charge is 0.340 e. The number of nitrogens with zero attached hydrogens (tertiary/aromatic N) is 2. The Morgan fingerprint density at radius 2 is 1.78 bits per heavy atom. The number of rotatable bonds is 5. The van der Waals surface area contributed by atoms with Gasteiger partial charge >= 0.3 is 0 Å². The first-order valence-corrected chi connectivity index (χ1v) is 9.18. The zero-order valence-electron chi connectivity index (χ0n) is 13.1. The zero-order chi connectivity index (χ0) is 16.1. The summed E-state index contributed by atoms with van der Waals surface area (Å²) in [4.78, 5) is 18.0. The van der Waals surface area contributed by atoms with Gasteiger partial charge in [-0.3, -0.25) is 9.69 Å². The van der Waals surface area contributed by atoms with Gasteiger partial charge in [0.2, 0.25) is 5.91 Å². The van der Waals surface area contributed by atoms with Crippen molar-refractivity contribution in [3.63, 3.8) is 0 Å². The standard InChI is InChI=1S/C18H21ClN2OS/c19-17-8-7-16(23-17)14-20-10-12-21(13-11-20)18(22)9-6-15-4-2-1-3-5-15/h1-5,7-8H,6,9-14H2. The molecule has 1 aliphatic rings. The normalized spacial score (nSPS) is 15.8. The van der Waals surface area contributed by atoms with Crippen LogP contribution in [-0.2, 0) is 17.8 Å². The fourth-order valence-corrected chi connectivity index (χ4v) is 4.00. The summed E-state index contributed by atoms with van der Waals surface area (Å²) in [6, 6.07) is 14.3. The van der Waals surface area contributed by atoms with Crippen molar-refractivity contribution in [3.8, 4) is 0 Å². The van der Waals surface area contributed by atoms with Crippen molar-refractivity contribution in [2.75, 3.05) is 26.2 Å². The van der Waals surface area contributed by atoms with Crippen LogP contribution in [0.3, 0.4) is 0 Å². The maximum atomic E-state index is 12.3. The van der Waals surface area contributed by atoms with E-state index >= 15 is 0 Å². The summed E-state index contributed by atoms with van der Waals surface area (Å²) in [5.74, 6) is 0.271. The number of carbonyl (C=O) groups excluding carboxylic acids is 1. The highest BCUT2D eigenvalue weighted by atomic mass is 35.5. The van der Waals surface area contributed by atoms with E-state index in [1.54, 1.807) is 11.3 Å². The molecule has 0 aliphatic carbocycles. The second-order valence-corrected chi connectivity index (χ2v) is 7.65. The SMILES string of the molecule is O=C(CCc1ccccc1)N1CCN(Cc2ccc(Cl)s2)CC1. The van der Waals surface area contributed by atoms with E-state index in [0.717, 1.165) is 43.5 Å². The molecule has 122 valence electrons. The summed E-state index contributed by atoms with van der Waals surface area (Å²) in [5.41, 5.74) is 1.23. The third-order valence-corrected chi connectivity index (χ3v) is 5.42. The van der Waals surface area contributed by atoms with E-state index < -0.39 is 0 Å². The van der Waals surface area contributed by atoms with Gasteiger partial charge in [0.25, 0.3) is 0 Å². The molecule has 1 fully saturated rings. The van der Waals surface area contributed by atoms with Crippen LogP contribution in [0.15, 0.2) is 42.5 Å². The van der Waals surface area contributed by atoms with E-state index in [-0.39, 0.29) is 5.91 Å². The maximum Gasteiger partial charge on any atom is 0.222 e. The number of piperazine rings is 1. The Morgan fingerprint density at radius 1 is 1.04 bits per heavy atom. The van der Waals surface area contributed by atoms with E-state index in [0.29, 0.717) is 6.42 Å². The zero-order valence-corrected chi connectivity index (χ0v) is 14.7. The molecule has 0 radical (unpaired) electrons. The van der Waals surface area contributed by atoms with E-state index in [2.05, 4.69) is 23.1 Å². The second-order valence-electron chi connectivity index (χ2n) is 5.85. The average molecular weight is 349 g/mol. The summed E-state index contributed by atoms with van der Waals surface area (Å²) in [6.07, 6.45) is 1.43. The molecule has 3 nitrogen and oxygen atoms in total. The number of aryl methyl sites for hydroxylation is 1. The van der Waals surface area contributed by atoms with Crippen LogP contribution in [0.1, 0.15) is 16.9 Å². The van der Waals surface area contributed by atoms with Crippen molar-refractivity contribution in [2.45, 2.75) is 19.4 Å². The molecule has 1 aromatic heterocycles. The third kappa shape index (κ3) is 4.80. The van der Waals surface area contributed by atoms with Gasteiger partial charge in [-0.05, 0) is 24.1 Å². The van der Waals surface area contributed by atoms with Gasteiger partial charge in [0.1, 0.15) is 0 Å². The average Bonchev–Trinajstić information content (AvgIpc) is 2.99. The van der Waals surface area contributed by atoms with Crippen molar-refractivity contribution in [3.05, 3.63) is 57.2 Å². The maximum absolute atomic E-state index is 12.3. The van der Waals surface area contributed by atoms with Crippen molar-refractivity contribution in [1.29, 1.82) is 0 Å². The van der Waals surface area contributed by atoms with Crippen molar-refractivity contribution < 1.29 is 4.79 Å². The first-order chi connectivity index (χ1) is 11.2. The van der Waals surface area contributed by atoms with Gasteiger partial charge in [-0.2, -0.15) is 0 Å². The topological polar surface area (TPSA) is 23.6 Å². The van der Waals surface area contributed by atoms with Crippen LogP contribution in [0.25, 0.3) is 0 Å². The Kier molecular flexibility index (Phi) is 5.70. The Morgan fingerprint density at radius 3 is 2.43 bits per heavy atom. The van der Waals surface area contributed by atoms with Gasteiger partial charge in [-0.15, -0.1) is 11.3 Å². The van der Waals surface area contributed by atoms with Crippen LogP contribution in [0.2, 0.25) is 4.34 Å². The Hall–Kier alpha value is -1.36. The van der Waals surface area contributed by atoms with Crippen LogP contribution in [-0.4, -0.2) is 41.9 Å². The van der Waals surface area contributed by atoms with Crippen molar-refractivity contribution >= 4 is 28.8 Å². The molecule has 2 aromatic rings. The van der Waals surface area contributed by atoms with E-state index in [1.807, 2.05) is 29.2 Å². The van der Waals surface area contributed by atoms with Gasteiger partial charge in [0.15, 0.2) is 0 Å². The molecule has 1 amide bonds. The van der Waals surface area contributed by atoms with Gasteiger partial charge in [-0.25, -0.2) is 0 Å². The molecule has 5 heteroatoms. The first-order valence-electron chi connectivity index (χ1n) is 7.99. The smallest absolute Gasteiger partial charge is 0.222 e. The summed E-state index contributed by atoms with van der Waals surface area (Å²) in [5, 5.41) is 0. The molecule has 1 saturated heterocycles. The third-order valence-electron chi connectivity index (χ3n) is 4.20. The van der Waals surface area contributed by atoms with Crippen LogP contribution in [0, 0.1) is 0 Å². The van der Waals surface area contributed by atoms with Gasteiger partial charge in [0, 0.05) is 44.0 Å². The lowest BCUT2D eigenvalue weighted by molar-refractivity contribution is -0.132. The molecule has 3 rings (SSSR count). The number of hydrogen-bond acceptors (Lipinski definition) is 3. The Bertz CT molecular complexity index is 635. The van der Waals surface area contributed by atoms with E-state index in [1.165, 1.54) is 10.4 Å². The monoisotopic (exact) mass is 348 g/mol. The van der Waals surface area contributed by atoms with Crippen molar-refractivity contribution in [2.24, 2.45) is 0 Å². The minimum Gasteiger partial charge on any atom is -0.340 e. The van der Waals surface area contributed by atoms with Gasteiger partial charge < -0.3 is 4.90 Å². The van der Waals surface area contributed by atoms with Gasteiger partial charge in [0.05, 0.1) is 4.34 Å². The quantitative estimate of drug-likeness (QED) is 0.823. The minimum absolute atomic E-state index is 0.271. The number of hydrogen-bond donors (Lipinski definition) is 0. The van der Waals surface area contributed by atoms with Crippen LogP contribution in [0.5, 0.6) is 0 Å². The highest BCUT2D eigenvalue weighted by Gasteiger charge is 2.21. The molecular formula is C18H21ClN2OS. The number of carbonyl (C=O) groups is 1. The minimum atomic E-state index is 0.271.